The summed E-state index contributed by atoms with van der Waals surface area (Å²) in [5.74, 6) is 1.10. The van der Waals surface area contributed by atoms with E-state index in [0.717, 1.165) is 11.8 Å². The number of hydrogen-bond donors (Lipinski definition) is 1. The molecule has 1 N–H and O–H groups in total. The Labute approximate surface area is 123 Å². The predicted molar refractivity (Wildman–Crippen MR) is 79.2 cm³/mol. The van der Waals surface area contributed by atoms with Crippen LogP contribution in [0.3, 0.4) is 0 Å². The fourth-order valence-electron chi connectivity index (χ4n) is 2.23. The predicted octanol–water partition coefficient (Wildman–Crippen LogP) is 2.82. The van der Waals surface area contributed by atoms with E-state index in [9.17, 15) is 8.42 Å². The third-order valence-electron chi connectivity index (χ3n) is 3.75. The lowest BCUT2D eigenvalue weighted by molar-refractivity contribution is 0.574. The molecule has 0 bridgehead atoms. The summed E-state index contributed by atoms with van der Waals surface area (Å²) in [6.45, 7) is 2.64. The molecule has 2 unspecified atom stereocenters. The molecule has 2 atom stereocenters. The Kier molecular flexibility index (Phi) is 3.44. The molecule has 4 nitrogen and oxygen atoms in total. The third-order valence-corrected chi connectivity index (χ3v) is 5.38. The molecule has 20 heavy (non-hydrogen) atoms. The van der Waals surface area contributed by atoms with E-state index < -0.39 is 10.0 Å². The van der Waals surface area contributed by atoms with Gasteiger partial charge in [0.15, 0.2) is 0 Å². The standard InChI is InChI=1S/C14H15ClN2O2S/c1-9-6-11(9)8-16-20(18,19)12-3-4-13-10(7-12)2-5-14(15)17-13/h2-5,7,9,11,16H,6,8H2,1H3. The second kappa shape index (κ2) is 4.98. The van der Waals surface area contributed by atoms with E-state index in [-0.39, 0.29) is 4.90 Å². The maximum atomic E-state index is 12.2. The van der Waals surface area contributed by atoms with Crippen LogP contribution in [0.5, 0.6) is 0 Å². The second-order valence-corrected chi connectivity index (χ2v) is 7.47. The van der Waals surface area contributed by atoms with Gasteiger partial charge in [0, 0.05) is 11.9 Å². The summed E-state index contributed by atoms with van der Waals surface area (Å²) in [4.78, 5) is 4.41. The Morgan fingerprint density at radius 3 is 2.80 bits per heavy atom. The Hall–Kier alpha value is -1.17. The minimum atomic E-state index is -3.45. The molecule has 1 aliphatic rings. The molecule has 0 saturated heterocycles. The molecule has 6 heteroatoms. The van der Waals surface area contributed by atoms with Crippen molar-refractivity contribution in [2.75, 3.05) is 6.54 Å². The first-order chi connectivity index (χ1) is 9.45. The van der Waals surface area contributed by atoms with Gasteiger partial charge in [-0.05, 0) is 48.6 Å². The molecule has 2 aromatic rings. The van der Waals surface area contributed by atoms with Gasteiger partial charge in [0.2, 0.25) is 10.0 Å². The highest BCUT2D eigenvalue weighted by atomic mass is 35.5. The summed E-state index contributed by atoms with van der Waals surface area (Å²) >= 11 is 5.81. The van der Waals surface area contributed by atoms with E-state index in [2.05, 4.69) is 16.6 Å². The van der Waals surface area contributed by atoms with Crippen LogP contribution in [0, 0.1) is 11.8 Å². The van der Waals surface area contributed by atoms with Crippen LogP contribution in [0.25, 0.3) is 10.9 Å². The summed E-state index contributed by atoms with van der Waals surface area (Å²) in [7, 11) is -3.45. The third kappa shape index (κ3) is 2.80. The largest absolute Gasteiger partial charge is 0.240 e. The summed E-state index contributed by atoms with van der Waals surface area (Å²) in [5.41, 5.74) is 0.687. The lowest BCUT2D eigenvalue weighted by atomic mass is 10.2. The monoisotopic (exact) mass is 310 g/mol. The van der Waals surface area contributed by atoms with Gasteiger partial charge in [-0.15, -0.1) is 0 Å². The number of aromatic nitrogens is 1. The molecule has 0 spiro atoms. The molecule has 3 rings (SSSR count). The molecule has 1 aliphatic carbocycles. The van der Waals surface area contributed by atoms with Crippen LogP contribution in [-0.2, 0) is 10.0 Å². The van der Waals surface area contributed by atoms with Crippen LogP contribution in [0.1, 0.15) is 13.3 Å². The first kappa shape index (κ1) is 13.8. The van der Waals surface area contributed by atoms with Crippen molar-refractivity contribution in [3.8, 4) is 0 Å². The maximum absolute atomic E-state index is 12.2. The fourth-order valence-corrected chi connectivity index (χ4v) is 3.51. The van der Waals surface area contributed by atoms with Gasteiger partial charge in [-0.25, -0.2) is 18.1 Å². The number of rotatable bonds is 4. The summed E-state index contributed by atoms with van der Waals surface area (Å²) < 4.78 is 27.1. The minimum absolute atomic E-state index is 0.266. The second-order valence-electron chi connectivity index (χ2n) is 5.31. The van der Waals surface area contributed by atoms with Gasteiger partial charge in [-0.1, -0.05) is 18.5 Å². The zero-order valence-corrected chi connectivity index (χ0v) is 12.6. The molecule has 1 saturated carbocycles. The maximum Gasteiger partial charge on any atom is 0.240 e. The van der Waals surface area contributed by atoms with Crippen molar-refractivity contribution in [3.63, 3.8) is 0 Å². The van der Waals surface area contributed by atoms with E-state index in [1.54, 1.807) is 30.3 Å². The molecule has 106 valence electrons. The van der Waals surface area contributed by atoms with Crippen LogP contribution >= 0.6 is 11.6 Å². The van der Waals surface area contributed by atoms with Crippen molar-refractivity contribution in [3.05, 3.63) is 35.5 Å². The number of nitrogens with zero attached hydrogens (tertiary/aromatic N) is 1. The first-order valence-corrected chi connectivity index (χ1v) is 8.38. The number of nitrogens with one attached hydrogen (secondary N) is 1. The van der Waals surface area contributed by atoms with E-state index in [1.807, 2.05) is 0 Å². The Morgan fingerprint density at radius 2 is 2.10 bits per heavy atom. The molecule has 1 heterocycles. The molecule has 1 fully saturated rings. The quantitative estimate of drug-likeness (QED) is 0.883. The van der Waals surface area contributed by atoms with Crippen molar-refractivity contribution in [2.24, 2.45) is 11.8 Å². The smallest absolute Gasteiger partial charge is 0.236 e. The summed E-state index contributed by atoms with van der Waals surface area (Å²) in [6, 6.07) is 8.28. The number of halogens is 1. The van der Waals surface area contributed by atoms with Crippen LogP contribution < -0.4 is 4.72 Å². The number of hydrogen-bond acceptors (Lipinski definition) is 3. The highest BCUT2D eigenvalue weighted by molar-refractivity contribution is 7.89. The van der Waals surface area contributed by atoms with Gasteiger partial charge in [-0.2, -0.15) is 0 Å². The Balaban J connectivity index is 1.86. The molecule has 0 aliphatic heterocycles. The fraction of sp³-hybridized carbons (Fsp3) is 0.357. The van der Waals surface area contributed by atoms with Gasteiger partial charge in [0.1, 0.15) is 5.15 Å². The number of sulfonamides is 1. The highest BCUT2D eigenvalue weighted by Gasteiger charge is 2.33. The van der Waals surface area contributed by atoms with Gasteiger partial charge in [0.25, 0.3) is 0 Å². The van der Waals surface area contributed by atoms with Crippen LogP contribution in [-0.4, -0.2) is 19.9 Å². The number of fused-ring (bicyclic) bond motifs is 1. The zero-order chi connectivity index (χ0) is 14.3. The molecular weight excluding hydrogens is 296 g/mol. The van der Waals surface area contributed by atoms with Crippen LogP contribution in [0.4, 0.5) is 0 Å². The molecule has 0 radical (unpaired) electrons. The van der Waals surface area contributed by atoms with Crippen molar-refractivity contribution >= 4 is 32.5 Å². The summed E-state index contributed by atoms with van der Waals surface area (Å²) in [5, 5.41) is 1.16. The molecule has 0 amide bonds. The van der Waals surface area contributed by atoms with E-state index in [1.165, 1.54) is 0 Å². The van der Waals surface area contributed by atoms with E-state index in [4.69, 9.17) is 11.6 Å². The number of pyridine rings is 1. The van der Waals surface area contributed by atoms with Crippen molar-refractivity contribution in [2.45, 2.75) is 18.2 Å². The lowest BCUT2D eigenvalue weighted by Crippen LogP contribution is -2.26. The average molecular weight is 311 g/mol. The molecule has 1 aromatic carbocycles. The lowest BCUT2D eigenvalue weighted by Gasteiger charge is -2.07. The van der Waals surface area contributed by atoms with E-state index >= 15 is 0 Å². The van der Waals surface area contributed by atoms with Crippen molar-refractivity contribution in [1.82, 2.24) is 9.71 Å². The van der Waals surface area contributed by atoms with Gasteiger partial charge >= 0.3 is 0 Å². The van der Waals surface area contributed by atoms with Gasteiger partial charge in [-0.3, -0.25) is 0 Å². The minimum Gasteiger partial charge on any atom is -0.236 e. The Bertz CT molecular complexity index is 761. The topological polar surface area (TPSA) is 59.1 Å². The number of benzene rings is 1. The molecule has 1 aromatic heterocycles. The average Bonchev–Trinajstić information content (AvgIpc) is 3.12. The van der Waals surface area contributed by atoms with Crippen molar-refractivity contribution < 1.29 is 8.42 Å². The first-order valence-electron chi connectivity index (χ1n) is 6.52. The van der Waals surface area contributed by atoms with Crippen LogP contribution in [0.15, 0.2) is 35.2 Å². The van der Waals surface area contributed by atoms with E-state index in [0.29, 0.717) is 29.1 Å². The SMILES string of the molecule is CC1CC1CNS(=O)(=O)c1ccc2nc(Cl)ccc2c1. The Morgan fingerprint density at radius 1 is 1.35 bits per heavy atom. The van der Waals surface area contributed by atoms with Crippen LogP contribution in [0.2, 0.25) is 5.15 Å². The summed E-state index contributed by atoms with van der Waals surface area (Å²) in [6.07, 6.45) is 1.10. The van der Waals surface area contributed by atoms with Gasteiger partial charge in [0.05, 0.1) is 10.4 Å². The van der Waals surface area contributed by atoms with Gasteiger partial charge < -0.3 is 0 Å². The zero-order valence-electron chi connectivity index (χ0n) is 11.0. The highest BCUT2D eigenvalue weighted by Crippen LogP contribution is 2.37. The molecular formula is C14H15ClN2O2S. The van der Waals surface area contributed by atoms with Crippen molar-refractivity contribution in [1.29, 1.82) is 0 Å². The normalized spacial score (nSPS) is 22.1.